The summed E-state index contributed by atoms with van der Waals surface area (Å²) in [5, 5.41) is 11.8. The fourth-order valence-corrected chi connectivity index (χ4v) is 3.32. The molecule has 2 heterocycles. The highest BCUT2D eigenvalue weighted by molar-refractivity contribution is 5.02. The molecule has 0 unspecified atom stereocenters. The summed E-state index contributed by atoms with van der Waals surface area (Å²) in [6, 6.07) is 0. The van der Waals surface area contributed by atoms with Crippen molar-refractivity contribution in [3.63, 3.8) is 0 Å². The topological polar surface area (TPSA) is 46.0 Å². The van der Waals surface area contributed by atoms with E-state index in [0.717, 1.165) is 31.9 Å². The Morgan fingerprint density at radius 2 is 2.24 bits per heavy atom. The average Bonchev–Trinajstić information content (AvgIpc) is 2.93. The molecule has 0 bridgehead atoms. The maximum absolute atomic E-state index is 4.22. The Labute approximate surface area is 102 Å². The van der Waals surface area contributed by atoms with E-state index < -0.39 is 0 Å². The summed E-state index contributed by atoms with van der Waals surface area (Å²) < 4.78 is 1.79. The molecule has 0 radical (unpaired) electrons. The minimum absolute atomic E-state index is 0.399. The number of rotatable bonds is 2. The number of aryl methyl sites for hydroxylation is 1. The van der Waals surface area contributed by atoms with Gasteiger partial charge in [-0.3, -0.25) is 9.58 Å². The van der Waals surface area contributed by atoms with Crippen LogP contribution in [-0.4, -0.2) is 45.1 Å². The van der Waals surface area contributed by atoms with Crippen molar-refractivity contribution in [2.75, 3.05) is 19.6 Å². The smallest absolute Gasteiger partial charge is 0.0967 e. The molecule has 5 heteroatoms. The summed E-state index contributed by atoms with van der Waals surface area (Å²) in [5.41, 5.74) is 1.50. The number of hydrogen-bond acceptors (Lipinski definition) is 4. The van der Waals surface area contributed by atoms with E-state index in [1.54, 1.807) is 4.68 Å². The highest BCUT2D eigenvalue weighted by Crippen LogP contribution is 2.36. The van der Waals surface area contributed by atoms with Crippen molar-refractivity contribution in [3.05, 3.63) is 11.9 Å². The molecule has 1 N–H and O–H groups in total. The van der Waals surface area contributed by atoms with Crippen LogP contribution >= 0.6 is 0 Å². The molecule has 0 amide bonds. The summed E-state index contributed by atoms with van der Waals surface area (Å²) in [7, 11) is 1.93. The Bertz CT molecular complexity index is 380. The zero-order chi connectivity index (χ0) is 11.7. The lowest BCUT2D eigenvalue weighted by molar-refractivity contribution is 0.0560. The van der Waals surface area contributed by atoms with E-state index in [1.165, 1.54) is 25.7 Å². The molecule has 2 fully saturated rings. The largest absolute Gasteiger partial charge is 0.314 e. The van der Waals surface area contributed by atoms with Gasteiger partial charge >= 0.3 is 0 Å². The van der Waals surface area contributed by atoms with Crippen molar-refractivity contribution < 1.29 is 0 Å². The van der Waals surface area contributed by atoms with Gasteiger partial charge in [0, 0.05) is 45.0 Å². The molecule has 0 atom stereocenters. The van der Waals surface area contributed by atoms with Crippen molar-refractivity contribution in [1.82, 2.24) is 25.2 Å². The van der Waals surface area contributed by atoms with Gasteiger partial charge in [-0.15, -0.1) is 5.10 Å². The van der Waals surface area contributed by atoms with Crippen molar-refractivity contribution in [3.8, 4) is 0 Å². The molecular formula is C12H21N5. The lowest BCUT2D eigenvalue weighted by Gasteiger charge is -2.45. The van der Waals surface area contributed by atoms with Crippen LogP contribution in [0.5, 0.6) is 0 Å². The molecule has 94 valence electrons. The third-order valence-corrected chi connectivity index (χ3v) is 4.22. The molecule has 1 saturated heterocycles. The molecule has 3 rings (SSSR count). The first kappa shape index (κ1) is 11.2. The highest BCUT2D eigenvalue weighted by atomic mass is 15.4. The van der Waals surface area contributed by atoms with E-state index in [2.05, 4.69) is 20.5 Å². The van der Waals surface area contributed by atoms with Gasteiger partial charge in [-0.2, -0.15) is 0 Å². The molecule has 17 heavy (non-hydrogen) atoms. The van der Waals surface area contributed by atoms with Crippen LogP contribution in [0, 0.1) is 0 Å². The first-order valence-electron chi connectivity index (χ1n) is 6.60. The van der Waals surface area contributed by atoms with Gasteiger partial charge in [-0.05, 0) is 12.8 Å². The van der Waals surface area contributed by atoms with Gasteiger partial charge in [0.2, 0.25) is 0 Å². The van der Waals surface area contributed by atoms with Crippen molar-refractivity contribution in [1.29, 1.82) is 0 Å². The monoisotopic (exact) mass is 235 g/mol. The van der Waals surface area contributed by atoms with E-state index in [9.17, 15) is 0 Å². The Morgan fingerprint density at radius 3 is 2.94 bits per heavy atom. The first-order valence-corrected chi connectivity index (χ1v) is 6.60. The zero-order valence-electron chi connectivity index (χ0n) is 10.5. The maximum atomic E-state index is 4.22. The molecule has 1 aromatic rings. The normalized spacial score (nSPS) is 24.5. The van der Waals surface area contributed by atoms with E-state index >= 15 is 0 Å². The predicted molar refractivity (Wildman–Crippen MR) is 65.5 cm³/mol. The van der Waals surface area contributed by atoms with Crippen LogP contribution in [0.3, 0.4) is 0 Å². The van der Waals surface area contributed by atoms with Crippen LogP contribution in [0.2, 0.25) is 0 Å². The molecule has 1 aliphatic heterocycles. The molecule has 1 spiro atoms. The second-order valence-electron chi connectivity index (χ2n) is 5.41. The number of nitrogens with zero attached hydrogens (tertiary/aromatic N) is 4. The Morgan fingerprint density at radius 1 is 1.41 bits per heavy atom. The number of hydrogen-bond donors (Lipinski definition) is 1. The molecule has 1 saturated carbocycles. The molecule has 1 aliphatic carbocycles. The summed E-state index contributed by atoms with van der Waals surface area (Å²) in [6.45, 7) is 4.33. The average molecular weight is 235 g/mol. The second kappa shape index (κ2) is 4.38. The van der Waals surface area contributed by atoms with E-state index in [1.807, 2.05) is 13.2 Å². The molecule has 1 aromatic heterocycles. The van der Waals surface area contributed by atoms with Crippen LogP contribution in [-0.2, 0) is 13.6 Å². The van der Waals surface area contributed by atoms with Crippen LogP contribution in [0.15, 0.2) is 6.20 Å². The van der Waals surface area contributed by atoms with Crippen molar-refractivity contribution >= 4 is 0 Å². The van der Waals surface area contributed by atoms with Gasteiger partial charge < -0.3 is 5.32 Å². The number of piperazine rings is 1. The minimum atomic E-state index is 0.399. The van der Waals surface area contributed by atoms with Gasteiger partial charge in [-0.1, -0.05) is 18.1 Å². The van der Waals surface area contributed by atoms with E-state index in [4.69, 9.17) is 0 Å². The SMILES string of the molecule is Cn1cc(CN2CCNCC23CCCC3)nn1. The summed E-state index contributed by atoms with van der Waals surface area (Å²) in [6.07, 6.45) is 7.45. The van der Waals surface area contributed by atoms with Crippen LogP contribution in [0.4, 0.5) is 0 Å². The van der Waals surface area contributed by atoms with Crippen molar-refractivity contribution in [2.45, 2.75) is 37.8 Å². The van der Waals surface area contributed by atoms with E-state index in [-0.39, 0.29) is 0 Å². The van der Waals surface area contributed by atoms with Crippen molar-refractivity contribution in [2.24, 2.45) is 7.05 Å². The summed E-state index contributed by atoms with van der Waals surface area (Å²) in [5.74, 6) is 0. The first-order chi connectivity index (χ1) is 8.28. The number of nitrogens with one attached hydrogen (secondary N) is 1. The Balaban J connectivity index is 1.75. The minimum Gasteiger partial charge on any atom is -0.314 e. The third-order valence-electron chi connectivity index (χ3n) is 4.22. The predicted octanol–water partition coefficient (Wildman–Crippen LogP) is 0.533. The van der Waals surface area contributed by atoms with Gasteiger partial charge in [0.15, 0.2) is 0 Å². The Hall–Kier alpha value is -0.940. The van der Waals surface area contributed by atoms with Crippen LogP contribution in [0.1, 0.15) is 31.4 Å². The molecule has 0 aromatic carbocycles. The highest BCUT2D eigenvalue weighted by Gasteiger charge is 2.41. The molecule has 5 nitrogen and oxygen atoms in total. The summed E-state index contributed by atoms with van der Waals surface area (Å²) >= 11 is 0. The molecular weight excluding hydrogens is 214 g/mol. The lowest BCUT2D eigenvalue weighted by atomic mass is 9.92. The zero-order valence-corrected chi connectivity index (χ0v) is 10.5. The third kappa shape index (κ3) is 2.09. The van der Waals surface area contributed by atoms with Gasteiger partial charge in [0.1, 0.15) is 0 Å². The quantitative estimate of drug-likeness (QED) is 0.812. The fraction of sp³-hybridized carbons (Fsp3) is 0.833. The fourth-order valence-electron chi connectivity index (χ4n) is 3.32. The van der Waals surface area contributed by atoms with Gasteiger partial charge in [0.05, 0.1) is 5.69 Å². The second-order valence-corrected chi connectivity index (χ2v) is 5.41. The van der Waals surface area contributed by atoms with Crippen LogP contribution < -0.4 is 5.32 Å². The Kier molecular flexibility index (Phi) is 2.88. The van der Waals surface area contributed by atoms with E-state index in [0.29, 0.717) is 5.54 Å². The van der Waals surface area contributed by atoms with Crippen LogP contribution in [0.25, 0.3) is 0 Å². The van der Waals surface area contributed by atoms with Gasteiger partial charge in [0.25, 0.3) is 0 Å². The summed E-state index contributed by atoms with van der Waals surface area (Å²) in [4.78, 5) is 2.63. The van der Waals surface area contributed by atoms with Gasteiger partial charge in [-0.25, -0.2) is 0 Å². The lowest BCUT2D eigenvalue weighted by Crippen LogP contribution is -2.59. The standard InChI is InChI=1S/C12H21N5/c1-16-8-11(14-15-16)9-17-7-6-13-10-12(17)4-2-3-5-12/h8,13H,2-7,9-10H2,1H3. The molecule has 2 aliphatic rings. The number of aromatic nitrogens is 3. The maximum Gasteiger partial charge on any atom is 0.0967 e.